The van der Waals surface area contributed by atoms with Crippen molar-refractivity contribution in [1.29, 1.82) is 0 Å². The smallest absolute Gasteiger partial charge is 0.267 e. The summed E-state index contributed by atoms with van der Waals surface area (Å²) in [5.74, 6) is -1.90. The Morgan fingerprint density at radius 1 is 0.963 bits per heavy atom. The number of benzene rings is 2. The van der Waals surface area contributed by atoms with Crippen molar-refractivity contribution in [2.75, 3.05) is 18.0 Å². The fourth-order valence-electron chi connectivity index (χ4n) is 3.37. The Morgan fingerprint density at radius 3 is 2.37 bits per heavy atom. The van der Waals surface area contributed by atoms with Gasteiger partial charge in [0.05, 0.1) is 16.3 Å². The van der Waals surface area contributed by atoms with E-state index in [9.17, 15) is 22.0 Å². The molecule has 0 aromatic heterocycles. The van der Waals surface area contributed by atoms with Gasteiger partial charge in [0, 0.05) is 19.3 Å². The van der Waals surface area contributed by atoms with Gasteiger partial charge in [0.25, 0.3) is 5.91 Å². The van der Waals surface area contributed by atoms with Gasteiger partial charge in [-0.3, -0.25) is 4.79 Å². The number of likely N-dealkylation sites (tertiary alicyclic amines) is 1. The number of carbonyl (C=O) groups is 1. The van der Waals surface area contributed by atoms with Crippen molar-refractivity contribution < 1.29 is 22.0 Å². The molecule has 27 heavy (non-hydrogen) atoms. The number of hydrogen-bond donors (Lipinski definition) is 0. The fourth-order valence-corrected chi connectivity index (χ4v) is 4.89. The molecule has 2 aliphatic heterocycles. The number of halogens is 2. The summed E-state index contributed by atoms with van der Waals surface area (Å²) in [4.78, 5) is 14.9. The van der Waals surface area contributed by atoms with Gasteiger partial charge in [-0.15, -0.1) is 0 Å². The molecule has 0 saturated carbocycles. The van der Waals surface area contributed by atoms with Crippen molar-refractivity contribution in [1.82, 2.24) is 4.90 Å². The Labute approximate surface area is 155 Å². The van der Waals surface area contributed by atoms with Crippen LogP contribution in [0.4, 0.5) is 20.2 Å². The molecule has 1 fully saturated rings. The highest BCUT2D eigenvalue weighted by Crippen LogP contribution is 2.41. The van der Waals surface area contributed by atoms with Crippen molar-refractivity contribution in [2.45, 2.75) is 17.7 Å². The van der Waals surface area contributed by atoms with Crippen LogP contribution in [0.2, 0.25) is 0 Å². The van der Waals surface area contributed by atoms with Crippen LogP contribution in [0.3, 0.4) is 0 Å². The first-order valence-electron chi connectivity index (χ1n) is 8.49. The summed E-state index contributed by atoms with van der Waals surface area (Å²) in [6.07, 6.45) is 2.70. The predicted octanol–water partition coefficient (Wildman–Crippen LogP) is 3.35. The van der Waals surface area contributed by atoms with Crippen LogP contribution in [0.5, 0.6) is 0 Å². The summed E-state index contributed by atoms with van der Waals surface area (Å²) < 4.78 is 54.2. The molecule has 5 nitrogen and oxygen atoms in total. The standard InChI is InChI=1S/C19H16F2N2O3S/c20-13-7-8-17-16(11-13)23(15-6-2-1-5-14(15)21)12-18(27(17,25)26)19(24)22-9-3-4-10-22/h1-2,5-8,11-12H,3-4,9-10H2. The van der Waals surface area contributed by atoms with Crippen LogP contribution in [-0.2, 0) is 14.6 Å². The van der Waals surface area contributed by atoms with E-state index in [2.05, 4.69) is 0 Å². The first-order chi connectivity index (χ1) is 12.9. The fraction of sp³-hybridized carbons (Fsp3) is 0.211. The number of anilines is 2. The Kier molecular flexibility index (Phi) is 4.22. The highest BCUT2D eigenvalue weighted by atomic mass is 32.2. The van der Waals surface area contributed by atoms with Crippen LogP contribution < -0.4 is 4.90 Å². The average Bonchev–Trinajstić information content (AvgIpc) is 3.17. The molecule has 2 heterocycles. The molecule has 0 N–H and O–H groups in total. The van der Waals surface area contributed by atoms with Gasteiger partial charge in [-0.2, -0.15) is 0 Å². The Bertz CT molecular complexity index is 1060. The Hall–Kier alpha value is -2.74. The zero-order valence-electron chi connectivity index (χ0n) is 14.2. The van der Waals surface area contributed by atoms with Crippen LogP contribution in [0.1, 0.15) is 12.8 Å². The molecular formula is C19H16F2N2O3S. The molecule has 4 rings (SSSR count). The number of fused-ring (bicyclic) bond motifs is 1. The molecule has 2 aromatic rings. The largest absolute Gasteiger partial charge is 0.338 e. The Morgan fingerprint density at radius 2 is 1.67 bits per heavy atom. The Balaban J connectivity index is 1.93. The topological polar surface area (TPSA) is 57.7 Å². The van der Waals surface area contributed by atoms with Crippen LogP contribution in [-0.4, -0.2) is 32.3 Å². The quantitative estimate of drug-likeness (QED) is 0.738. The van der Waals surface area contributed by atoms with Crippen molar-refractivity contribution in [3.05, 3.63) is 65.2 Å². The van der Waals surface area contributed by atoms with Gasteiger partial charge in [0.1, 0.15) is 11.6 Å². The highest BCUT2D eigenvalue weighted by molar-refractivity contribution is 7.96. The summed E-state index contributed by atoms with van der Waals surface area (Å²) in [5, 5.41) is 0. The number of amides is 1. The van der Waals surface area contributed by atoms with E-state index in [1.807, 2.05) is 0 Å². The number of rotatable bonds is 2. The molecule has 1 amide bonds. The molecule has 0 unspecified atom stereocenters. The van der Waals surface area contributed by atoms with Gasteiger partial charge in [-0.1, -0.05) is 12.1 Å². The number of hydrogen-bond acceptors (Lipinski definition) is 4. The van der Waals surface area contributed by atoms with E-state index in [0.717, 1.165) is 37.2 Å². The normalized spacial score (nSPS) is 18.2. The van der Waals surface area contributed by atoms with Gasteiger partial charge in [-0.05, 0) is 43.2 Å². The highest BCUT2D eigenvalue weighted by Gasteiger charge is 2.38. The van der Waals surface area contributed by atoms with Crippen LogP contribution in [0, 0.1) is 11.6 Å². The SMILES string of the molecule is O=C(C1=CN(c2ccccc2F)c2cc(F)ccc2S1(=O)=O)N1CCCC1. The van der Waals surface area contributed by atoms with Crippen LogP contribution in [0.25, 0.3) is 0 Å². The van der Waals surface area contributed by atoms with Crippen LogP contribution in [0.15, 0.2) is 58.5 Å². The maximum Gasteiger partial charge on any atom is 0.267 e. The summed E-state index contributed by atoms with van der Waals surface area (Å²) in [7, 11) is -4.15. The summed E-state index contributed by atoms with van der Waals surface area (Å²) in [5.41, 5.74) is 0.00374. The van der Waals surface area contributed by atoms with E-state index in [1.54, 1.807) is 6.07 Å². The molecule has 1 saturated heterocycles. The minimum atomic E-state index is -4.15. The van der Waals surface area contributed by atoms with Gasteiger partial charge < -0.3 is 9.80 Å². The van der Waals surface area contributed by atoms with E-state index >= 15 is 0 Å². The maximum absolute atomic E-state index is 14.4. The van der Waals surface area contributed by atoms with Crippen molar-refractivity contribution in [2.24, 2.45) is 0 Å². The lowest BCUT2D eigenvalue weighted by molar-refractivity contribution is -0.125. The molecule has 2 aromatic carbocycles. The number of para-hydroxylation sites is 1. The molecule has 0 atom stereocenters. The van der Waals surface area contributed by atoms with E-state index < -0.39 is 32.3 Å². The number of nitrogens with zero attached hydrogens (tertiary/aromatic N) is 2. The monoisotopic (exact) mass is 390 g/mol. The minimum absolute atomic E-state index is 0.0296. The van der Waals surface area contributed by atoms with Gasteiger partial charge in [0.2, 0.25) is 9.84 Å². The van der Waals surface area contributed by atoms with Gasteiger partial charge >= 0.3 is 0 Å². The van der Waals surface area contributed by atoms with Crippen molar-refractivity contribution in [3.8, 4) is 0 Å². The second-order valence-electron chi connectivity index (χ2n) is 6.43. The molecule has 0 radical (unpaired) electrons. The second-order valence-corrected chi connectivity index (χ2v) is 8.32. The third-order valence-corrected chi connectivity index (χ3v) is 6.51. The lowest BCUT2D eigenvalue weighted by atomic mass is 10.2. The first kappa shape index (κ1) is 17.7. The minimum Gasteiger partial charge on any atom is -0.338 e. The molecule has 140 valence electrons. The zero-order chi connectivity index (χ0) is 19.2. The third kappa shape index (κ3) is 2.90. The van der Waals surface area contributed by atoms with E-state index in [4.69, 9.17) is 0 Å². The molecular weight excluding hydrogens is 374 g/mol. The summed E-state index contributed by atoms with van der Waals surface area (Å²) in [6, 6.07) is 8.87. The van der Waals surface area contributed by atoms with Crippen LogP contribution >= 0.6 is 0 Å². The summed E-state index contributed by atoms with van der Waals surface area (Å²) >= 11 is 0. The zero-order valence-corrected chi connectivity index (χ0v) is 15.0. The number of carbonyl (C=O) groups excluding carboxylic acids is 1. The molecule has 0 bridgehead atoms. The van der Waals surface area contributed by atoms with E-state index in [1.165, 1.54) is 28.0 Å². The van der Waals surface area contributed by atoms with Gasteiger partial charge in [-0.25, -0.2) is 17.2 Å². The lowest BCUT2D eigenvalue weighted by Gasteiger charge is -2.30. The van der Waals surface area contributed by atoms with E-state index in [0.29, 0.717) is 13.1 Å². The lowest BCUT2D eigenvalue weighted by Crippen LogP contribution is -2.35. The van der Waals surface area contributed by atoms with E-state index in [-0.39, 0.29) is 16.3 Å². The average molecular weight is 390 g/mol. The molecule has 8 heteroatoms. The molecule has 2 aliphatic rings. The predicted molar refractivity (Wildman–Crippen MR) is 96.0 cm³/mol. The maximum atomic E-state index is 14.4. The molecule has 0 spiro atoms. The summed E-state index contributed by atoms with van der Waals surface area (Å²) in [6.45, 7) is 0.948. The molecule has 0 aliphatic carbocycles. The van der Waals surface area contributed by atoms with Crippen molar-refractivity contribution >= 4 is 27.1 Å². The first-order valence-corrected chi connectivity index (χ1v) is 9.97. The third-order valence-electron chi connectivity index (χ3n) is 4.72. The van der Waals surface area contributed by atoms with Gasteiger partial charge in [0.15, 0.2) is 4.91 Å². The van der Waals surface area contributed by atoms with Crippen molar-refractivity contribution in [3.63, 3.8) is 0 Å². The number of sulfone groups is 1. The second kappa shape index (κ2) is 6.45.